The van der Waals surface area contributed by atoms with E-state index >= 15 is 0 Å². The number of nitrogens with one attached hydrogen (secondary N) is 3. The number of aryl methyl sites for hydroxylation is 1. The van der Waals surface area contributed by atoms with Gasteiger partial charge in [0.1, 0.15) is 5.66 Å². The molecule has 6 nitrogen and oxygen atoms in total. The summed E-state index contributed by atoms with van der Waals surface area (Å²) >= 11 is 0. The number of hydrogen-bond acceptors (Lipinski definition) is 3. The molecule has 0 saturated carbocycles. The Balaban J connectivity index is 1.39. The molecule has 3 amide bonds. The smallest absolute Gasteiger partial charge is 0.362 e. The van der Waals surface area contributed by atoms with Crippen molar-refractivity contribution in [3.8, 4) is 0 Å². The Labute approximate surface area is 171 Å². The van der Waals surface area contributed by atoms with Crippen LogP contribution in [0.2, 0.25) is 0 Å². The van der Waals surface area contributed by atoms with E-state index in [9.17, 15) is 22.8 Å². The average molecular weight is 418 g/mol. The van der Waals surface area contributed by atoms with Crippen LogP contribution in [0.3, 0.4) is 0 Å². The van der Waals surface area contributed by atoms with Gasteiger partial charge in [-0.1, -0.05) is 12.1 Å². The minimum atomic E-state index is -4.42. The van der Waals surface area contributed by atoms with Gasteiger partial charge in [0, 0.05) is 31.6 Å². The Bertz CT molecular complexity index is 981. The lowest BCUT2D eigenvalue weighted by atomic mass is 9.91. The van der Waals surface area contributed by atoms with Crippen LogP contribution in [0.5, 0.6) is 0 Å². The van der Waals surface area contributed by atoms with Gasteiger partial charge in [-0.15, -0.1) is 0 Å². The van der Waals surface area contributed by atoms with E-state index in [4.69, 9.17) is 0 Å². The number of likely N-dealkylation sites (tertiary alicyclic amines) is 1. The van der Waals surface area contributed by atoms with Crippen molar-refractivity contribution < 1.29 is 22.8 Å². The number of para-hydroxylation sites is 1. The predicted molar refractivity (Wildman–Crippen MR) is 106 cm³/mol. The highest BCUT2D eigenvalue weighted by Crippen LogP contribution is 2.34. The highest BCUT2D eigenvalue weighted by molar-refractivity contribution is 6.03. The SMILES string of the molecule is Cc1cccc2c1NC1(CCN(C(=O)Nc3ccc(C(F)(F)F)cc3)CC1)NC2=O. The fourth-order valence-corrected chi connectivity index (χ4v) is 3.86. The van der Waals surface area contributed by atoms with Gasteiger partial charge in [0.05, 0.1) is 16.8 Å². The Morgan fingerprint density at radius 2 is 1.73 bits per heavy atom. The minimum absolute atomic E-state index is 0.143. The Kier molecular flexibility index (Phi) is 4.83. The number of carbonyl (C=O) groups excluding carboxylic acids is 2. The summed E-state index contributed by atoms with van der Waals surface area (Å²) in [6.45, 7) is 2.71. The monoisotopic (exact) mass is 418 g/mol. The first kappa shape index (κ1) is 20.1. The molecule has 0 aromatic heterocycles. The van der Waals surface area contributed by atoms with E-state index in [1.165, 1.54) is 12.1 Å². The first-order valence-corrected chi connectivity index (χ1v) is 9.60. The summed E-state index contributed by atoms with van der Waals surface area (Å²) in [6.07, 6.45) is -3.40. The molecule has 1 fully saturated rings. The number of hydrogen-bond donors (Lipinski definition) is 3. The molecule has 9 heteroatoms. The zero-order chi connectivity index (χ0) is 21.5. The zero-order valence-electron chi connectivity index (χ0n) is 16.3. The molecule has 1 saturated heterocycles. The third kappa shape index (κ3) is 3.79. The van der Waals surface area contributed by atoms with Crippen molar-refractivity contribution >= 4 is 23.3 Å². The van der Waals surface area contributed by atoms with Crippen molar-refractivity contribution in [2.24, 2.45) is 0 Å². The average Bonchev–Trinajstić information content (AvgIpc) is 2.69. The molecule has 30 heavy (non-hydrogen) atoms. The van der Waals surface area contributed by atoms with Crippen molar-refractivity contribution in [2.45, 2.75) is 31.6 Å². The molecule has 0 unspecified atom stereocenters. The summed E-state index contributed by atoms with van der Waals surface area (Å²) in [5.74, 6) is -0.143. The lowest BCUT2D eigenvalue weighted by Crippen LogP contribution is -2.63. The van der Waals surface area contributed by atoms with E-state index in [0.717, 1.165) is 23.4 Å². The molecule has 0 radical (unpaired) electrons. The molecule has 158 valence electrons. The number of alkyl halides is 3. The quantitative estimate of drug-likeness (QED) is 0.650. The number of halogens is 3. The van der Waals surface area contributed by atoms with Crippen LogP contribution in [0.1, 0.15) is 34.3 Å². The number of fused-ring (bicyclic) bond motifs is 1. The first-order valence-electron chi connectivity index (χ1n) is 9.60. The standard InChI is InChI=1S/C21H21F3N4O2/c1-13-3-2-4-16-17(13)26-20(27-18(16)29)9-11-28(12-10-20)19(30)25-15-7-5-14(6-8-15)21(22,23)24/h2-8,26H,9-12H2,1H3,(H,25,30)(H,27,29). The van der Waals surface area contributed by atoms with E-state index in [0.29, 0.717) is 37.2 Å². The molecule has 2 heterocycles. The third-order valence-electron chi connectivity index (χ3n) is 5.60. The normalized spacial score (nSPS) is 17.7. The van der Waals surface area contributed by atoms with Crippen LogP contribution in [-0.2, 0) is 6.18 Å². The molecular weight excluding hydrogens is 397 g/mol. The van der Waals surface area contributed by atoms with Crippen LogP contribution >= 0.6 is 0 Å². The maximum Gasteiger partial charge on any atom is 0.416 e. The maximum absolute atomic E-state index is 12.7. The second-order valence-electron chi connectivity index (χ2n) is 7.65. The molecule has 0 atom stereocenters. The summed E-state index contributed by atoms with van der Waals surface area (Å²) in [4.78, 5) is 26.7. The number of rotatable bonds is 1. The second kappa shape index (κ2) is 7.23. The number of carbonyl (C=O) groups is 2. The van der Waals surface area contributed by atoms with Gasteiger partial charge in [-0.2, -0.15) is 13.2 Å². The number of benzene rings is 2. The molecule has 3 N–H and O–H groups in total. The van der Waals surface area contributed by atoms with Crippen molar-refractivity contribution in [1.29, 1.82) is 0 Å². The van der Waals surface area contributed by atoms with Crippen LogP contribution in [0.4, 0.5) is 29.3 Å². The molecule has 0 aliphatic carbocycles. The van der Waals surface area contributed by atoms with Crippen molar-refractivity contribution in [3.05, 3.63) is 59.2 Å². The molecule has 2 aromatic carbocycles. The fourth-order valence-electron chi connectivity index (χ4n) is 3.86. The molecule has 2 aliphatic heterocycles. The van der Waals surface area contributed by atoms with Crippen LogP contribution in [0.25, 0.3) is 0 Å². The van der Waals surface area contributed by atoms with Crippen LogP contribution < -0.4 is 16.0 Å². The molecular formula is C21H21F3N4O2. The maximum atomic E-state index is 12.7. The highest BCUT2D eigenvalue weighted by Gasteiger charge is 2.41. The van der Waals surface area contributed by atoms with Crippen molar-refractivity contribution in [1.82, 2.24) is 10.2 Å². The lowest BCUT2D eigenvalue weighted by molar-refractivity contribution is -0.137. The molecule has 2 aliphatic rings. The second-order valence-corrected chi connectivity index (χ2v) is 7.65. The van der Waals surface area contributed by atoms with E-state index in [1.54, 1.807) is 11.0 Å². The van der Waals surface area contributed by atoms with Crippen LogP contribution in [0.15, 0.2) is 42.5 Å². The topological polar surface area (TPSA) is 73.5 Å². The zero-order valence-corrected chi connectivity index (χ0v) is 16.3. The Morgan fingerprint density at radius 1 is 1.07 bits per heavy atom. The highest BCUT2D eigenvalue weighted by atomic mass is 19.4. The van der Waals surface area contributed by atoms with Gasteiger partial charge >= 0.3 is 12.2 Å². The summed E-state index contributed by atoms with van der Waals surface area (Å²) in [7, 11) is 0. The number of piperidine rings is 1. The van der Waals surface area contributed by atoms with Gasteiger partial charge in [-0.25, -0.2) is 4.79 Å². The van der Waals surface area contributed by atoms with Gasteiger partial charge in [0.15, 0.2) is 0 Å². The van der Waals surface area contributed by atoms with Gasteiger partial charge in [-0.3, -0.25) is 4.79 Å². The van der Waals surface area contributed by atoms with Crippen LogP contribution in [-0.4, -0.2) is 35.6 Å². The summed E-state index contributed by atoms with van der Waals surface area (Å²) in [6, 6.07) is 9.48. The molecule has 4 rings (SSSR count). The Hall–Kier alpha value is -3.23. The van der Waals surface area contributed by atoms with Gasteiger partial charge in [0.2, 0.25) is 0 Å². The minimum Gasteiger partial charge on any atom is -0.362 e. The summed E-state index contributed by atoms with van der Waals surface area (Å²) in [5, 5.41) is 9.10. The van der Waals surface area contributed by atoms with Crippen molar-refractivity contribution in [2.75, 3.05) is 23.7 Å². The predicted octanol–water partition coefficient (Wildman–Crippen LogP) is 4.19. The number of anilines is 2. The third-order valence-corrected chi connectivity index (χ3v) is 5.60. The van der Waals surface area contributed by atoms with Crippen LogP contribution in [0, 0.1) is 6.92 Å². The molecule has 1 spiro atoms. The summed E-state index contributed by atoms with van der Waals surface area (Å²) in [5.41, 5.74) is 1.29. The Morgan fingerprint density at radius 3 is 2.37 bits per heavy atom. The largest absolute Gasteiger partial charge is 0.416 e. The lowest BCUT2D eigenvalue weighted by Gasteiger charge is -2.46. The first-order chi connectivity index (χ1) is 14.2. The number of amides is 3. The van der Waals surface area contributed by atoms with Crippen molar-refractivity contribution in [3.63, 3.8) is 0 Å². The van der Waals surface area contributed by atoms with E-state index in [1.807, 2.05) is 19.1 Å². The van der Waals surface area contributed by atoms with Gasteiger partial charge in [-0.05, 0) is 42.8 Å². The van der Waals surface area contributed by atoms with E-state index in [2.05, 4.69) is 16.0 Å². The summed E-state index contributed by atoms with van der Waals surface area (Å²) < 4.78 is 38.0. The molecule has 2 aromatic rings. The van der Waals surface area contributed by atoms with E-state index in [-0.39, 0.29) is 11.9 Å². The number of nitrogens with zero attached hydrogens (tertiary/aromatic N) is 1. The number of urea groups is 1. The molecule has 0 bridgehead atoms. The van der Waals surface area contributed by atoms with Gasteiger partial charge in [0.25, 0.3) is 5.91 Å². The fraction of sp³-hybridized carbons (Fsp3) is 0.333. The van der Waals surface area contributed by atoms with Gasteiger partial charge < -0.3 is 20.9 Å². The van der Waals surface area contributed by atoms with E-state index < -0.39 is 17.4 Å².